The molecule has 0 saturated carbocycles. The van der Waals surface area contributed by atoms with Crippen molar-refractivity contribution in [2.75, 3.05) is 18.0 Å². The molecule has 134 valence electrons. The molecule has 1 saturated heterocycles. The van der Waals surface area contributed by atoms with Gasteiger partial charge in [-0.2, -0.15) is 0 Å². The molecule has 4 rings (SSSR count). The van der Waals surface area contributed by atoms with Crippen molar-refractivity contribution in [2.45, 2.75) is 32.4 Å². The molecule has 1 N–H and O–H groups in total. The van der Waals surface area contributed by atoms with Gasteiger partial charge in [0.15, 0.2) is 0 Å². The quantitative estimate of drug-likeness (QED) is 0.727. The second-order valence-corrected chi connectivity index (χ2v) is 7.04. The number of aryl methyl sites for hydroxylation is 1. The van der Waals surface area contributed by atoms with Crippen LogP contribution in [-0.4, -0.2) is 19.1 Å². The normalized spacial score (nSPS) is 15.3. The van der Waals surface area contributed by atoms with Crippen LogP contribution in [0.5, 0.6) is 0 Å². The number of rotatable bonds is 4. The fraction of sp³-hybridized carbons (Fsp3) is 0.318. The van der Waals surface area contributed by atoms with Crippen molar-refractivity contribution in [3.05, 3.63) is 76.1 Å². The lowest BCUT2D eigenvalue weighted by atomic mass is 10.0. The Morgan fingerprint density at radius 1 is 1.08 bits per heavy atom. The lowest BCUT2D eigenvalue weighted by Crippen LogP contribution is -2.43. The Balaban J connectivity index is 1.83. The van der Waals surface area contributed by atoms with E-state index in [1.165, 1.54) is 5.56 Å². The van der Waals surface area contributed by atoms with Crippen LogP contribution in [0.4, 0.5) is 5.69 Å². The summed E-state index contributed by atoms with van der Waals surface area (Å²) in [5.41, 5.74) is 3.77. The standard InChI is InChI=1S/C22H24N2O2/c1-16-7-8-21-19(13-16)20(14-22(25)26-21)24(18-9-11-23-12-10-18)15-17-5-3-2-4-6-17/h2-8,13-14,18,23H,9-12,15H2,1H3. The predicted molar refractivity (Wildman–Crippen MR) is 106 cm³/mol. The van der Waals surface area contributed by atoms with E-state index in [-0.39, 0.29) is 5.63 Å². The third-order valence-corrected chi connectivity index (χ3v) is 5.13. The van der Waals surface area contributed by atoms with Crippen molar-refractivity contribution in [1.29, 1.82) is 0 Å². The molecule has 1 fully saturated rings. The van der Waals surface area contributed by atoms with Crippen molar-refractivity contribution >= 4 is 16.7 Å². The van der Waals surface area contributed by atoms with Crippen LogP contribution in [-0.2, 0) is 6.54 Å². The Bertz CT molecular complexity index is 943. The highest BCUT2D eigenvalue weighted by molar-refractivity contribution is 5.90. The first-order valence-electron chi connectivity index (χ1n) is 9.26. The van der Waals surface area contributed by atoms with E-state index in [4.69, 9.17) is 4.42 Å². The first kappa shape index (κ1) is 16.9. The summed E-state index contributed by atoms with van der Waals surface area (Å²) in [4.78, 5) is 14.6. The van der Waals surface area contributed by atoms with Crippen LogP contribution in [0.25, 0.3) is 11.0 Å². The number of anilines is 1. The van der Waals surface area contributed by atoms with Crippen LogP contribution < -0.4 is 15.8 Å². The van der Waals surface area contributed by atoms with Gasteiger partial charge in [0, 0.05) is 24.0 Å². The Kier molecular flexibility index (Phi) is 4.76. The number of hydrogen-bond donors (Lipinski definition) is 1. The van der Waals surface area contributed by atoms with Gasteiger partial charge in [0.2, 0.25) is 0 Å². The highest BCUT2D eigenvalue weighted by Gasteiger charge is 2.24. The van der Waals surface area contributed by atoms with E-state index in [1.807, 2.05) is 18.2 Å². The third kappa shape index (κ3) is 3.51. The van der Waals surface area contributed by atoms with Crippen molar-refractivity contribution in [3.63, 3.8) is 0 Å². The zero-order chi connectivity index (χ0) is 17.9. The highest BCUT2D eigenvalue weighted by Crippen LogP contribution is 2.31. The van der Waals surface area contributed by atoms with E-state index >= 15 is 0 Å². The molecular weight excluding hydrogens is 324 g/mol. The number of nitrogens with one attached hydrogen (secondary N) is 1. The van der Waals surface area contributed by atoms with Gasteiger partial charge in [0.1, 0.15) is 5.58 Å². The van der Waals surface area contributed by atoms with Gasteiger partial charge in [0.25, 0.3) is 0 Å². The monoisotopic (exact) mass is 348 g/mol. The van der Waals surface area contributed by atoms with E-state index in [1.54, 1.807) is 6.07 Å². The van der Waals surface area contributed by atoms with E-state index in [0.717, 1.165) is 49.1 Å². The van der Waals surface area contributed by atoms with Crippen LogP contribution in [0.15, 0.2) is 63.8 Å². The third-order valence-electron chi connectivity index (χ3n) is 5.13. The molecule has 0 atom stereocenters. The summed E-state index contributed by atoms with van der Waals surface area (Å²) >= 11 is 0. The Labute approximate surface area is 153 Å². The maximum Gasteiger partial charge on any atom is 0.338 e. The Morgan fingerprint density at radius 3 is 2.62 bits per heavy atom. The summed E-state index contributed by atoms with van der Waals surface area (Å²) in [5, 5.41) is 4.45. The molecule has 1 aliphatic rings. The zero-order valence-electron chi connectivity index (χ0n) is 15.1. The molecule has 2 heterocycles. The van der Waals surface area contributed by atoms with E-state index in [2.05, 4.69) is 47.5 Å². The van der Waals surface area contributed by atoms with Gasteiger partial charge in [-0.05, 0) is 50.6 Å². The zero-order valence-corrected chi connectivity index (χ0v) is 15.1. The number of piperidine rings is 1. The lowest BCUT2D eigenvalue weighted by Gasteiger charge is -2.37. The largest absolute Gasteiger partial charge is 0.423 e. The minimum absolute atomic E-state index is 0.289. The number of hydrogen-bond acceptors (Lipinski definition) is 4. The molecular formula is C22H24N2O2. The SMILES string of the molecule is Cc1ccc2oc(=O)cc(N(Cc3ccccc3)C3CCNCC3)c2c1. The molecule has 1 aliphatic heterocycles. The van der Waals surface area contributed by atoms with Gasteiger partial charge >= 0.3 is 5.63 Å². The fourth-order valence-electron chi connectivity index (χ4n) is 3.81. The summed E-state index contributed by atoms with van der Waals surface area (Å²) in [6.45, 7) is 4.88. The van der Waals surface area contributed by atoms with Gasteiger partial charge in [-0.3, -0.25) is 0 Å². The molecule has 0 radical (unpaired) electrons. The van der Waals surface area contributed by atoms with Crippen LogP contribution >= 0.6 is 0 Å². The number of benzene rings is 2. The molecule has 26 heavy (non-hydrogen) atoms. The van der Waals surface area contributed by atoms with Crippen molar-refractivity contribution in [2.24, 2.45) is 0 Å². The van der Waals surface area contributed by atoms with E-state index < -0.39 is 0 Å². The second kappa shape index (κ2) is 7.34. The smallest absolute Gasteiger partial charge is 0.338 e. The highest BCUT2D eigenvalue weighted by atomic mass is 16.4. The molecule has 0 unspecified atom stereocenters. The van der Waals surface area contributed by atoms with Crippen LogP contribution in [0, 0.1) is 6.92 Å². The molecule has 0 aliphatic carbocycles. The maximum absolute atomic E-state index is 12.2. The first-order chi connectivity index (χ1) is 12.7. The summed E-state index contributed by atoms with van der Waals surface area (Å²) in [6, 6.07) is 18.5. The number of fused-ring (bicyclic) bond motifs is 1. The molecule has 0 bridgehead atoms. The average molecular weight is 348 g/mol. The van der Waals surface area contributed by atoms with Crippen molar-refractivity contribution < 1.29 is 4.42 Å². The predicted octanol–water partition coefficient (Wildman–Crippen LogP) is 3.86. The molecule has 4 heteroatoms. The van der Waals surface area contributed by atoms with Crippen molar-refractivity contribution in [1.82, 2.24) is 5.32 Å². The van der Waals surface area contributed by atoms with Crippen LogP contribution in [0.2, 0.25) is 0 Å². The Morgan fingerprint density at radius 2 is 1.85 bits per heavy atom. The van der Waals surface area contributed by atoms with Gasteiger partial charge < -0.3 is 14.6 Å². The van der Waals surface area contributed by atoms with Crippen LogP contribution in [0.3, 0.4) is 0 Å². The summed E-state index contributed by atoms with van der Waals surface area (Å²) < 4.78 is 5.45. The minimum atomic E-state index is -0.289. The molecule has 1 aromatic heterocycles. The molecule has 3 aromatic rings. The minimum Gasteiger partial charge on any atom is -0.423 e. The van der Waals surface area contributed by atoms with Gasteiger partial charge in [-0.15, -0.1) is 0 Å². The second-order valence-electron chi connectivity index (χ2n) is 7.04. The number of nitrogens with zero attached hydrogens (tertiary/aromatic N) is 1. The van der Waals surface area contributed by atoms with E-state index in [0.29, 0.717) is 11.6 Å². The Hall–Kier alpha value is -2.59. The van der Waals surface area contributed by atoms with Gasteiger partial charge in [0.05, 0.1) is 5.69 Å². The first-order valence-corrected chi connectivity index (χ1v) is 9.26. The topological polar surface area (TPSA) is 45.5 Å². The molecule has 0 amide bonds. The maximum atomic E-state index is 12.2. The average Bonchev–Trinajstić information content (AvgIpc) is 2.67. The van der Waals surface area contributed by atoms with E-state index in [9.17, 15) is 4.79 Å². The molecule has 4 nitrogen and oxygen atoms in total. The van der Waals surface area contributed by atoms with Gasteiger partial charge in [-0.1, -0.05) is 42.0 Å². The molecule has 0 spiro atoms. The van der Waals surface area contributed by atoms with Gasteiger partial charge in [-0.25, -0.2) is 4.79 Å². The summed E-state index contributed by atoms with van der Waals surface area (Å²) in [6.07, 6.45) is 2.14. The van der Waals surface area contributed by atoms with Crippen molar-refractivity contribution in [3.8, 4) is 0 Å². The summed E-state index contributed by atoms with van der Waals surface area (Å²) in [7, 11) is 0. The van der Waals surface area contributed by atoms with Crippen LogP contribution in [0.1, 0.15) is 24.0 Å². The fourth-order valence-corrected chi connectivity index (χ4v) is 3.81. The summed E-state index contributed by atoms with van der Waals surface area (Å²) in [5.74, 6) is 0. The lowest BCUT2D eigenvalue weighted by molar-refractivity contribution is 0.428. The molecule has 2 aromatic carbocycles.